The van der Waals surface area contributed by atoms with Gasteiger partial charge in [-0.25, -0.2) is 0 Å². The number of nitrogens with two attached hydrogens (primary N) is 2. The standard InChI is InChI=1S/C10H11ClN2O3/c11-5-6-3-1-2-4-7(6)10(16,8(12)14)9(13)15/h1-4,16H,5H2,(H2,12,14)(H2,13,15). The maximum Gasteiger partial charge on any atom is 0.264 e. The van der Waals surface area contributed by atoms with Crippen LogP contribution in [0.15, 0.2) is 24.3 Å². The molecule has 0 aliphatic carbocycles. The van der Waals surface area contributed by atoms with Gasteiger partial charge in [0.05, 0.1) is 0 Å². The number of benzene rings is 1. The highest BCUT2D eigenvalue weighted by Crippen LogP contribution is 2.25. The molecule has 0 atom stereocenters. The first kappa shape index (κ1) is 12.5. The minimum absolute atomic E-state index is 0.0185. The van der Waals surface area contributed by atoms with Gasteiger partial charge in [-0.1, -0.05) is 24.3 Å². The van der Waals surface area contributed by atoms with Crippen molar-refractivity contribution in [3.63, 3.8) is 0 Å². The minimum atomic E-state index is -2.52. The monoisotopic (exact) mass is 242 g/mol. The van der Waals surface area contributed by atoms with E-state index in [0.29, 0.717) is 5.56 Å². The lowest BCUT2D eigenvalue weighted by molar-refractivity contribution is -0.150. The third-order valence-corrected chi connectivity index (χ3v) is 2.55. The summed E-state index contributed by atoms with van der Waals surface area (Å²) in [4.78, 5) is 22.3. The fraction of sp³-hybridized carbons (Fsp3) is 0.200. The Kier molecular flexibility index (Phi) is 3.51. The topological polar surface area (TPSA) is 106 Å². The van der Waals surface area contributed by atoms with Crippen molar-refractivity contribution in [3.05, 3.63) is 35.4 Å². The molecule has 1 rings (SSSR count). The number of hydrogen-bond acceptors (Lipinski definition) is 3. The predicted octanol–water partition coefficient (Wildman–Crippen LogP) is -0.416. The molecule has 0 aliphatic heterocycles. The SMILES string of the molecule is NC(=O)C(O)(C(N)=O)c1ccccc1CCl. The molecule has 0 aromatic heterocycles. The lowest BCUT2D eigenvalue weighted by Crippen LogP contribution is -2.51. The molecule has 0 radical (unpaired) electrons. The van der Waals surface area contributed by atoms with Gasteiger partial charge >= 0.3 is 0 Å². The number of primary amides is 2. The summed E-state index contributed by atoms with van der Waals surface area (Å²) >= 11 is 5.63. The smallest absolute Gasteiger partial charge is 0.264 e. The fourth-order valence-electron chi connectivity index (χ4n) is 1.38. The summed E-state index contributed by atoms with van der Waals surface area (Å²) in [5.41, 5.74) is 7.91. The van der Waals surface area contributed by atoms with Gasteiger partial charge in [0.25, 0.3) is 11.8 Å². The van der Waals surface area contributed by atoms with Crippen LogP contribution in [-0.2, 0) is 21.1 Å². The van der Waals surface area contributed by atoms with Crippen molar-refractivity contribution in [1.82, 2.24) is 0 Å². The zero-order valence-electron chi connectivity index (χ0n) is 8.31. The third kappa shape index (κ3) is 1.87. The van der Waals surface area contributed by atoms with Gasteiger partial charge in [-0.3, -0.25) is 9.59 Å². The zero-order valence-corrected chi connectivity index (χ0v) is 9.07. The van der Waals surface area contributed by atoms with Crippen molar-refractivity contribution >= 4 is 23.4 Å². The highest BCUT2D eigenvalue weighted by atomic mass is 35.5. The van der Waals surface area contributed by atoms with E-state index in [1.54, 1.807) is 18.2 Å². The molecule has 86 valence electrons. The van der Waals surface area contributed by atoms with Crippen molar-refractivity contribution < 1.29 is 14.7 Å². The Morgan fingerprint density at radius 3 is 2.19 bits per heavy atom. The van der Waals surface area contributed by atoms with Crippen molar-refractivity contribution in [2.45, 2.75) is 11.5 Å². The van der Waals surface area contributed by atoms with Crippen LogP contribution >= 0.6 is 11.6 Å². The van der Waals surface area contributed by atoms with Crippen LogP contribution in [0.5, 0.6) is 0 Å². The molecule has 0 bridgehead atoms. The van der Waals surface area contributed by atoms with Crippen LogP contribution in [0.3, 0.4) is 0 Å². The Hall–Kier alpha value is -1.59. The van der Waals surface area contributed by atoms with E-state index >= 15 is 0 Å². The fourth-order valence-corrected chi connectivity index (χ4v) is 1.61. The average Bonchev–Trinajstić information content (AvgIpc) is 2.27. The molecule has 5 nitrogen and oxygen atoms in total. The Balaban J connectivity index is 3.43. The first-order chi connectivity index (χ1) is 7.44. The van der Waals surface area contributed by atoms with E-state index in [9.17, 15) is 14.7 Å². The molecule has 0 heterocycles. The van der Waals surface area contributed by atoms with E-state index in [1.807, 2.05) is 0 Å². The molecule has 0 saturated carbocycles. The molecule has 2 amide bonds. The van der Waals surface area contributed by atoms with Gasteiger partial charge in [0.1, 0.15) is 0 Å². The van der Waals surface area contributed by atoms with E-state index in [4.69, 9.17) is 23.1 Å². The molecule has 1 aromatic rings. The first-order valence-corrected chi connectivity index (χ1v) is 4.94. The Morgan fingerprint density at radius 2 is 1.75 bits per heavy atom. The lowest BCUT2D eigenvalue weighted by Gasteiger charge is -2.23. The van der Waals surface area contributed by atoms with E-state index < -0.39 is 17.4 Å². The largest absolute Gasteiger partial charge is 0.368 e. The summed E-state index contributed by atoms with van der Waals surface area (Å²) < 4.78 is 0. The third-order valence-electron chi connectivity index (χ3n) is 2.26. The number of amides is 2. The van der Waals surface area contributed by atoms with Crippen LogP contribution in [-0.4, -0.2) is 16.9 Å². The van der Waals surface area contributed by atoms with Crippen molar-refractivity contribution in [3.8, 4) is 0 Å². The van der Waals surface area contributed by atoms with Crippen LogP contribution in [0.1, 0.15) is 11.1 Å². The molecular weight excluding hydrogens is 232 g/mol. The van der Waals surface area contributed by atoms with Gasteiger partial charge in [0.2, 0.25) is 5.60 Å². The molecule has 16 heavy (non-hydrogen) atoms. The number of carbonyl (C=O) groups excluding carboxylic acids is 2. The summed E-state index contributed by atoms with van der Waals surface area (Å²) in [6.07, 6.45) is 0. The van der Waals surface area contributed by atoms with E-state index in [2.05, 4.69) is 0 Å². The van der Waals surface area contributed by atoms with Crippen LogP contribution < -0.4 is 11.5 Å². The van der Waals surface area contributed by atoms with Gasteiger partial charge in [0.15, 0.2) is 0 Å². The second-order valence-electron chi connectivity index (χ2n) is 3.23. The lowest BCUT2D eigenvalue weighted by atomic mass is 9.89. The summed E-state index contributed by atoms with van der Waals surface area (Å²) in [7, 11) is 0. The van der Waals surface area contributed by atoms with E-state index in [0.717, 1.165) is 0 Å². The summed E-state index contributed by atoms with van der Waals surface area (Å²) in [5, 5.41) is 9.94. The highest BCUT2D eigenvalue weighted by molar-refractivity contribution is 6.17. The van der Waals surface area contributed by atoms with Crippen molar-refractivity contribution in [2.75, 3.05) is 0 Å². The van der Waals surface area contributed by atoms with Crippen LogP contribution in [0, 0.1) is 0 Å². The van der Waals surface area contributed by atoms with Gasteiger partial charge in [-0.15, -0.1) is 11.6 Å². The molecule has 0 unspecified atom stereocenters. The van der Waals surface area contributed by atoms with Crippen LogP contribution in [0.4, 0.5) is 0 Å². The highest BCUT2D eigenvalue weighted by Gasteiger charge is 2.43. The summed E-state index contributed by atoms with van der Waals surface area (Å²) in [5.74, 6) is -2.42. The van der Waals surface area contributed by atoms with Gasteiger partial charge in [-0.05, 0) is 5.56 Å². The molecule has 0 fully saturated rings. The van der Waals surface area contributed by atoms with Crippen LogP contribution in [0.2, 0.25) is 0 Å². The van der Waals surface area contributed by atoms with Gasteiger partial charge in [0, 0.05) is 11.4 Å². The Labute approximate surface area is 97.0 Å². The second kappa shape index (κ2) is 4.51. The van der Waals surface area contributed by atoms with Gasteiger partial charge < -0.3 is 16.6 Å². The zero-order chi connectivity index (χ0) is 12.3. The molecule has 5 N–H and O–H groups in total. The summed E-state index contributed by atoms with van der Waals surface area (Å²) in [6, 6.07) is 6.15. The molecular formula is C10H11ClN2O3. The quantitative estimate of drug-likeness (QED) is 0.493. The number of halogens is 1. The van der Waals surface area contributed by atoms with E-state index in [1.165, 1.54) is 6.07 Å². The van der Waals surface area contributed by atoms with Gasteiger partial charge in [-0.2, -0.15) is 0 Å². The minimum Gasteiger partial charge on any atom is -0.368 e. The number of aliphatic hydroxyl groups is 1. The first-order valence-electron chi connectivity index (χ1n) is 4.41. The van der Waals surface area contributed by atoms with Crippen LogP contribution in [0.25, 0.3) is 0 Å². The molecule has 6 heteroatoms. The molecule has 0 saturated heterocycles. The molecule has 1 aromatic carbocycles. The number of carbonyl (C=O) groups is 2. The molecule has 0 aliphatic rings. The van der Waals surface area contributed by atoms with Crippen molar-refractivity contribution in [2.24, 2.45) is 11.5 Å². The Bertz CT molecular complexity index is 420. The maximum absolute atomic E-state index is 11.2. The average molecular weight is 243 g/mol. The van der Waals surface area contributed by atoms with Crippen molar-refractivity contribution in [1.29, 1.82) is 0 Å². The second-order valence-corrected chi connectivity index (χ2v) is 3.50. The number of alkyl halides is 1. The molecule has 0 spiro atoms. The number of rotatable bonds is 4. The summed E-state index contributed by atoms with van der Waals surface area (Å²) in [6.45, 7) is 0. The Morgan fingerprint density at radius 1 is 1.25 bits per heavy atom. The normalized spacial score (nSPS) is 11.1. The number of hydrogen-bond donors (Lipinski definition) is 3. The maximum atomic E-state index is 11.2. The predicted molar refractivity (Wildman–Crippen MR) is 58.3 cm³/mol. The van der Waals surface area contributed by atoms with E-state index in [-0.39, 0.29) is 11.4 Å².